The third kappa shape index (κ3) is 5.20. The van der Waals surface area contributed by atoms with Gasteiger partial charge in [0, 0.05) is 5.41 Å². The second kappa shape index (κ2) is 7.65. The minimum absolute atomic E-state index is 0.163. The van der Waals surface area contributed by atoms with E-state index in [-0.39, 0.29) is 30.6 Å². The fourth-order valence-electron chi connectivity index (χ4n) is 3.05. The lowest BCUT2D eigenvalue weighted by molar-refractivity contribution is -0.152. The second-order valence-corrected chi connectivity index (χ2v) is 7.07. The normalized spacial score (nSPS) is 19.0. The summed E-state index contributed by atoms with van der Waals surface area (Å²) >= 11 is 0. The third-order valence-corrected chi connectivity index (χ3v) is 4.92. The van der Waals surface area contributed by atoms with Gasteiger partial charge in [-0.05, 0) is 50.6 Å². The van der Waals surface area contributed by atoms with Crippen molar-refractivity contribution in [3.05, 3.63) is 35.4 Å². The van der Waals surface area contributed by atoms with Gasteiger partial charge in [-0.2, -0.15) is 13.2 Å². The van der Waals surface area contributed by atoms with Crippen LogP contribution in [-0.2, 0) is 4.79 Å². The van der Waals surface area contributed by atoms with Crippen molar-refractivity contribution in [2.45, 2.75) is 38.9 Å². The van der Waals surface area contributed by atoms with Crippen molar-refractivity contribution in [2.75, 3.05) is 19.6 Å². The number of alkyl halides is 3. The Hall–Kier alpha value is -2.09. The van der Waals surface area contributed by atoms with Crippen molar-refractivity contribution >= 4 is 11.9 Å². The second-order valence-electron chi connectivity index (χ2n) is 7.07. The molecule has 1 aliphatic heterocycles. The monoisotopic (exact) mass is 372 g/mol. The highest BCUT2D eigenvalue weighted by molar-refractivity contribution is 5.87. The first kappa shape index (κ1) is 20.2. The molecule has 1 aromatic carbocycles. The number of halogens is 3. The highest BCUT2D eigenvalue weighted by Crippen LogP contribution is 2.33. The van der Waals surface area contributed by atoms with Crippen molar-refractivity contribution in [1.82, 2.24) is 10.2 Å². The largest absolute Gasteiger partial charge is 0.478 e. The smallest absolute Gasteiger partial charge is 0.401 e. The predicted octanol–water partition coefficient (Wildman–Crippen LogP) is 3.23. The number of hydrogen-bond donors (Lipinski definition) is 2. The van der Waals surface area contributed by atoms with Gasteiger partial charge < -0.3 is 10.4 Å². The van der Waals surface area contributed by atoms with Crippen LogP contribution in [0.2, 0.25) is 0 Å². The van der Waals surface area contributed by atoms with E-state index in [0.717, 1.165) is 5.56 Å². The summed E-state index contributed by atoms with van der Waals surface area (Å²) in [6.07, 6.45) is -3.51. The highest BCUT2D eigenvalue weighted by Gasteiger charge is 2.40. The first-order valence-corrected chi connectivity index (χ1v) is 8.43. The van der Waals surface area contributed by atoms with Gasteiger partial charge in [0.05, 0.1) is 18.2 Å². The Morgan fingerprint density at radius 3 is 2.23 bits per heavy atom. The molecule has 1 saturated heterocycles. The number of amides is 1. The molecule has 0 spiro atoms. The number of nitrogens with one attached hydrogen (secondary N) is 1. The van der Waals surface area contributed by atoms with Crippen LogP contribution in [-0.4, -0.2) is 47.7 Å². The molecule has 26 heavy (non-hydrogen) atoms. The van der Waals surface area contributed by atoms with E-state index in [4.69, 9.17) is 5.11 Å². The van der Waals surface area contributed by atoms with Crippen LogP contribution in [0.4, 0.5) is 13.2 Å². The molecule has 0 saturated carbocycles. The molecule has 1 aliphatic rings. The van der Waals surface area contributed by atoms with Crippen molar-refractivity contribution in [2.24, 2.45) is 5.41 Å². The van der Waals surface area contributed by atoms with Crippen molar-refractivity contribution < 1.29 is 27.9 Å². The average Bonchev–Trinajstić information content (AvgIpc) is 2.56. The molecule has 144 valence electrons. The Balaban J connectivity index is 1.93. The van der Waals surface area contributed by atoms with Crippen LogP contribution in [0, 0.1) is 5.41 Å². The number of carboxylic acid groups (broad SMARTS) is 1. The van der Waals surface area contributed by atoms with Crippen LogP contribution in [0.15, 0.2) is 24.3 Å². The number of carbonyl (C=O) groups excluding carboxylic acids is 1. The maximum Gasteiger partial charge on any atom is 0.401 e. The molecule has 0 unspecified atom stereocenters. The number of hydrogen-bond acceptors (Lipinski definition) is 3. The first-order valence-electron chi connectivity index (χ1n) is 8.43. The summed E-state index contributed by atoms with van der Waals surface area (Å²) in [4.78, 5) is 24.8. The summed E-state index contributed by atoms with van der Waals surface area (Å²) in [6, 6.07) is 5.90. The lowest BCUT2D eigenvalue weighted by atomic mass is 9.79. The Bertz CT molecular complexity index is 651. The summed E-state index contributed by atoms with van der Waals surface area (Å²) in [5, 5.41) is 11.8. The number of nitrogens with zero attached hydrogens (tertiary/aromatic N) is 1. The number of aromatic carboxylic acids is 1. The van der Waals surface area contributed by atoms with E-state index in [2.05, 4.69) is 5.32 Å². The van der Waals surface area contributed by atoms with E-state index in [9.17, 15) is 22.8 Å². The quantitative estimate of drug-likeness (QED) is 0.833. The summed E-state index contributed by atoms with van der Waals surface area (Å²) < 4.78 is 37.4. The van der Waals surface area contributed by atoms with E-state index >= 15 is 0 Å². The molecular formula is C18H23F3N2O3. The van der Waals surface area contributed by atoms with Gasteiger partial charge >= 0.3 is 12.1 Å². The van der Waals surface area contributed by atoms with Gasteiger partial charge in [-0.3, -0.25) is 9.69 Å². The number of carbonyl (C=O) groups is 2. The van der Waals surface area contributed by atoms with Gasteiger partial charge in [0.2, 0.25) is 5.91 Å². The van der Waals surface area contributed by atoms with E-state index in [0.29, 0.717) is 12.8 Å². The Labute approximate surface area is 150 Å². The number of likely N-dealkylation sites (tertiary alicyclic amines) is 1. The maximum absolute atomic E-state index is 12.6. The molecular weight excluding hydrogens is 349 g/mol. The lowest BCUT2D eigenvalue weighted by Gasteiger charge is -2.39. The molecule has 8 heteroatoms. The number of carboxylic acids is 1. The third-order valence-electron chi connectivity index (χ3n) is 4.92. The van der Waals surface area contributed by atoms with Gasteiger partial charge in [0.15, 0.2) is 0 Å². The maximum atomic E-state index is 12.6. The van der Waals surface area contributed by atoms with E-state index in [1.807, 2.05) is 0 Å². The van der Waals surface area contributed by atoms with Crippen molar-refractivity contribution in [1.29, 1.82) is 0 Å². The molecule has 1 atom stereocenters. The highest BCUT2D eigenvalue weighted by atomic mass is 19.4. The van der Waals surface area contributed by atoms with Crippen LogP contribution >= 0.6 is 0 Å². The fraction of sp³-hybridized carbons (Fsp3) is 0.556. The molecule has 0 aliphatic carbocycles. The molecule has 0 aromatic heterocycles. The van der Waals surface area contributed by atoms with Gasteiger partial charge in [-0.15, -0.1) is 0 Å². The molecule has 1 aromatic rings. The van der Waals surface area contributed by atoms with Gasteiger partial charge in [0.1, 0.15) is 0 Å². The van der Waals surface area contributed by atoms with E-state index in [1.54, 1.807) is 26.0 Å². The molecule has 1 fully saturated rings. The summed E-state index contributed by atoms with van der Waals surface area (Å²) in [5.41, 5.74) is 0.218. The zero-order chi connectivity index (χ0) is 19.5. The molecule has 0 radical (unpaired) electrons. The number of benzene rings is 1. The number of piperidine rings is 1. The Morgan fingerprint density at radius 1 is 1.23 bits per heavy atom. The van der Waals surface area contributed by atoms with Crippen LogP contribution < -0.4 is 5.32 Å². The lowest BCUT2D eigenvalue weighted by Crippen LogP contribution is -2.49. The zero-order valence-electron chi connectivity index (χ0n) is 14.8. The Kier molecular flexibility index (Phi) is 5.95. The van der Waals surface area contributed by atoms with Crippen molar-refractivity contribution in [3.8, 4) is 0 Å². The van der Waals surface area contributed by atoms with Gasteiger partial charge in [-0.25, -0.2) is 4.79 Å². The van der Waals surface area contributed by atoms with Crippen LogP contribution in [0.5, 0.6) is 0 Å². The summed E-state index contributed by atoms with van der Waals surface area (Å²) in [7, 11) is 0. The van der Waals surface area contributed by atoms with Crippen LogP contribution in [0.3, 0.4) is 0 Å². The SMILES string of the molecule is C[C@H](NC(=O)C1(C)CCN(CC(F)(F)F)CC1)c1ccc(C(=O)O)cc1. The first-order chi connectivity index (χ1) is 12.0. The van der Waals surface area contributed by atoms with Gasteiger partial charge in [0.25, 0.3) is 0 Å². The van der Waals surface area contributed by atoms with Crippen molar-refractivity contribution in [3.63, 3.8) is 0 Å². The standard InChI is InChI=1S/C18H23F3N2O3/c1-12(13-3-5-14(6-4-13)15(24)25)22-16(26)17(2)7-9-23(10-8-17)11-18(19,20)21/h3-6,12H,7-11H2,1-2H3,(H,22,26)(H,24,25)/t12-/m0/s1. The van der Waals surface area contributed by atoms with Gasteiger partial charge in [-0.1, -0.05) is 19.1 Å². The van der Waals surface area contributed by atoms with Crippen LogP contribution in [0.25, 0.3) is 0 Å². The molecule has 0 bridgehead atoms. The Morgan fingerprint density at radius 2 is 1.77 bits per heavy atom. The van der Waals surface area contributed by atoms with E-state index in [1.165, 1.54) is 17.0 Å². The minimum Gasteiger partial charge on any atom is -0.478 e. The topological polar surface area (TPSA) is 69.6 Å². The molecule has 1 amide bonds. The summed E-state index contributed by atoms with van der Waals surface area (Å²) in [6.45, 7) is 3.07. The number of rotatable bonds is 5. The van der Waals surface area contributed by atoms with E-state index < -0.39 is 24.1 Å². The van der Waals surface area contributed by atoms with Crippen LogP contribution in [0.1, 0.15) is 48.7 Å². The molecule has 2 rings (SSSR count). The fourth-order valence-corrected chi connectivity index (χ4v) is 3.05. The minimum atomic E-state index is -4.23. The summed E-state index contributed by atoms with van der Waals surface area (Å²) in [5.74, 6) is -1.22. The predicted molar refractivity (Wildman–Crippen MR) is 89.8 cm³/mol. The molecule has 1 heterocycles. The molecule has 5 nitrogen and oxygen atoms in total. The zero-order valence-corrected chi connectivity index (χ0v) is 14.8. The average molecular weight is 372 g/mol. The molecule has 2 N–H and O–H groups in total.